The van der Waals surface area contributed by atoms with Crippen molar-refractivity contribution in [1.29, 1.82) is 5.26 Å². The van der Waals surface area contributed by atoms with Crippen LogP contribution >= 0.6 is 0 Å². The minimum Gasteiger partial charge on any atom is -0.494 e. The molecule has 0 saturated heterocycles. The third-order valence-electron chi connectivity index (χ3n) is 1.33. The molecule has 1 aromatic heterocycles. The maximum Gasteiger partial charge on any atom is 1.00 e. The van der Waals surface area contributed by atoms with Crippen molar-refractivity contribution in [3.63, 3.8) is 0 Å². The van der Waals surface area contributed by atoms with E-state index in [-0.39, 0.29) is 41.0 Å². The Labute approximate surface area is 91.1 Å². The quantitative estimate of drug-likeness (QED) is 0.418. The van der Waals surface area contributed by atoms with Crippen LogP contribution in [-0.4, -0.2) is 10.1 Å². The molecule has 0 fully saturated rings. The second kappa shape index (κ2) is 4.31. The van der Waals surface area contributed by atoms with Gasteiger partial charge in [-0.2, -0.15) is 5.26 Å². The largest absolute Gasteiger partial charge is 1.00 e. The first kappa shape index (κ1) is 11.2. The predicted octanol–water partition coefficient (Wildman–Crippen LogP) is -2.74. The van der Waals surface area contributed by atoms with Crippen LogP contribution in [0.3, 0.4) is 0 Å². The number of nitrogens with one attached hydrogen (secondary N) is 1. The zero-order valence-corrected chi connectivity index (χ0v) is 8.88. The maximum atomic E-state index is 10.7. The molecule has 0 bridgehead atoms. The molecule has 0 spiro atoms. The molecule has 0 unspecified atom stereocenters. The summed E-state index contributed by atoms with van der Waals surface area (Å²) >= 11 is 0. The Bertz CT molecular complexity index is 352. The van der Waals surface area contributed by atoms with Gasteiger partial charge in [-0.05, 0) is 12.5 Å². The van der Waals surface area contributed by atoms with Gasteiger partial charge in [-0.15, -0.1) is 0 Å². The van der Waals surface area contributed by atoms with E-state index in [4.69, 9.17) is 10.4 Å². The van der Waals surface area contributed by atoms with Crippen LogP contribution in [0.4, 0.5) is 0 Å². The van der Waals surface area contributed by atoms with Crippen molar-refractivity contribution in [2.75, 3.05) is 0 Å². The summed E-state index contributed by atoms with van der Waals surface area (Å²) in [6.07, 6.45) is 0. The van der Waals surface area contributed by atoms with Crippen LogP contribution in [0.15, 0.2) is 10.9 Å². The van der Waals surface area contributed by atoms with Gasteiger partial charge < -0.3 is 5.11 Å². The number of nitriles is 1. The molecule has 1 rings (SSSR count). The van der Waals surface area contributed by atoms with Crippen LogP contribution in [0.2, 0.25) is 0 Å². The molecule has 1 heterocycles. The van der Waals surface area contributed by atoms with Crippen molar-refractivity contribution in [2.45, 2.75) is 6.92 Å². The third-order valence-corrected chi connectivity index (χ3v) is 1.33. The Morgan fingerprint density at radius 3 is 2.67 bits per heavy atom. The van der Waals surface area contributed by atoms with Gasteiger partial charge in [-0.1, -0.05) is 0 Å². The molecule has 0 amide bonds. The first-order chi connectivity index (χ1) is 5.15. The molecule has 0 saturated carbocycles. The average Bonchev–Trinajstić information content (AvgIpc) is 1.85. The molecule has 1 aromatic rings. The Balaban J connectivity index is 0.00000121. The molecule has 12 heavy (non-hydrogen) atoms. The molecule has 0 atom stereocenters. The minimum atomic E-state index is -0.404. The van der Waals surface area contributed by atoms with E-state index in [0.717, 1.165) is 0 Å². The van der Waals surface area contributed by atoms with Gasteiger partial charge in [0.25, 0.3) is 5.56 Å². The van der Waals surface area contributed by atoms with E-state index in [1.54, 1.807) is 13.0 Å². The Morgan fingerprint density at radius 2 is 2.25 bits per heavy atom. The fourth-order valence-corrected chi connectivity index (χ4v) is 0.812. The first-order valence-electron chi connectivity index (χ1n) is 2.98. The summed E-state index contributed by atoms with van der Waals surface area (Å²) in [5.41, 5.74) is 0.192. The standard InChI is InChI=1S/C7H6N2O2.Na/c1-4-2-6(10)9-7(11)5(4)3-8;/h2H,1H3,(H2,9,10,11);/q;+1. The first-order valence-corrected chi connectivity index (χ1v) is 2.98. The topological polar surface area (TPSA) is 76.9 Å². The number of hydrogen-bond acceptors (Lipinski definition) is 3. The summed E-state index contributed by atoms with van der Waals surface area (Å²) < 4.78 is 0. The predicted molar refractivity (Wildman–Crippen MR) is 38.2 cm³/mol. The van der Waals surface area contributed by atoms with Crippen LogP contribution in [0.1, 0.15) is 11.1 Å². The van der Waals surface area contributed by atoms with Gasteiger partial charge in [0.1, 0.15) is 11.6 Å². The molecule has 0 aromatic carbocycles. The second-order valence-electron chi connectivity index (χ2n) is 2.15. The van der Waals surface area contributed by atoms with Crippen LogP contribution in [0.25, 0.3) is 0 Å². The molecule has 0 aliphatic rings. The molecule has 0 aliphatic heterocycles. The number of aromatic hydroxyl groups is 1. The summed E-state index contributed by atoms with van der Waals surface area (Å²) in [4.78, 5) is 12.8. The van der Waals surface area contributed by atoms with E-state index < -0.39 is 5.56 Å². The van der Waals surface area contributed by atoms with E-state index >= 15 is 0 Å². The number of hydrogen-bond donors (Lipinski definition) is 2. The number of aromatic nitrogens is 1. The van der Waals surface area contributed by atoms with Gasteiger partial charge in [0.15, 0.2) is 0 Å². The Kier molecular flexibility index (Phi) is 4.04. The summed E-state index contributed by atoms with van der Waals surface area (Å²) in [7, 11) is 0. The van der Waals surface area contributed by atoms with E-state index in [1.807, 2.05) is 0 Å². The molecular weight excluding hydrogens is 167 g/mol. The van der Waals surface area contributed by atoms with Gasteiger partial charge in [-0.25, -0.2) is 0 Å². The van der Waals surface area contributed by atoms with Crippen molar-refractivity contribution in [1.82, 2.24) is 4.98 Å². The summed E-state index contributed by atoms with van der Waals surface area (Å²) in [6.45, 7) is 1.59. The Hall–Kier alpha value is -0.760. The van der Waals surface area contributed by atoms with Gasteiger partial charge >= 0.3 is 29.6 Å². The van der Waals surface area contributed by atoms with Gasteiger partial charge in [0.05, 0.1) is 0 Å². The average molecular weight is 173 g/mol. The zero-order valence-electron chi connectivity index (χ0n) is 6.88. The van der Waals surface area contributed by atoms with Gasteiger partial charge in [0, 0.05) is 6.07 Å². The van der Waals surface area contributed by atoms with Crippen LogP contribution in [-0.2, 0) is 0 Å². The van der Waals surface area contributed by atoms with Crippen LogP contribution < -0.4 is 35.1 Å². The summed E-state index contributed by atoms with van der Waals surface area (Å²) in [5.74, 6) is -0.363. The molecule has 5 heteroatoms. The van der Waals surface area contributed by atoms with E-state index in [9.17, 15) is 4.79 Å². The van der Waals surface area contributed by atoms with E-state index in [1.165, 1.54) is 6.07 Å². The Morgan fingerprint density at radius 1 is 1.67 bits per heavy atom. The normalized spacial score (nSPS) is 8.33. The number of aromatic amines is 1. The second-order valence-corrected chi connectivity index (χ2v) is 2.15. The summed E-state index contributed by atoms with van der Waals surface area (Å²) in [6, 6.07) is 3.03. The number of H-pyrrole nitrogens is 1. The van der Waals surface area contributed by atoms with Crippen molar-refractivity contribution in [2.24, 2.45) is 0 Å². The minimum absolute atomic E-state index is 0. The molecule has 2 N–H and O–H groups in total. The molecule has 4 nitrogen and oxygen atoms in total. The molecule has 0 aliphatic carbocycles. The van der Waals surface area contributed by atoms with Crippen LogP contribution in [0.5, 0.6) is 5.88 Å². The molecular formula is C7H6N2NaO2+. The van der Waals surface area contributed by atoms with Gasteiger partial charge in [-0.3, -0.25) is 9.78 Å². The van der Waals surface area contributed by atoms with Crippen molar-refractivity contribution in [3.05, 3.63) is 27.5 Å². The van der Waals surface area contributed by atoms with E-state index in [2.05, 4.69) is 4.98 Å². The number of aryl methyl sites for hydroxylation is 1. The summed E-state index contributed by atoms with van der Waals surface area (Å²) in [5, 5.41) is 17.5. The van der Waals surface area contributed by atoms with Gasteiger partial charge in [0.2, 0.25) is 5.88 Å². The molecule has 56 valence electrons. The van der Waals surface area contributed by atoms with Crippen molar-refractivity contribution >= 4 is 0 Å². The smallest absolute Gasteiger partial charge is 0.494 e. The van der Waals surface area contributed by atoms with Crippen LogP contribution in [0, 0.1) is 18.3 Å². The zero-order chi connectivity index (χ0) is 8.43. The SMILES string of the molecule is Cc1cc(=O)[nH]c(O)c1C#N.[Na+]. The fourth-order valence-electron chi connectivity index (χ4n) is 0.812. The number of pyridine rings is 1. The maximum absolute atomic E-state index is 10.7. The third kappa shape index (κ3) is 2.11. The van der Waals surface area contributed by atoms with E-state index in [0.29, 0.717) is 5.56 Å². The number of rotatable bonds is 0. The number of nitrogens with zero attached hydrogens (tertiary/aromatic N) is 1. The molecule has 0 radical (unpaired) electrons. The monoisotopic (exact) mass is 173 g/mol. The van der Waals surface area contributed by atoms with Crippen molar-refractivity contribution in [3.8, 4) is 11.9 Å². The van der Waals surface area contributed by atoms with Crippen molar-refractivity contribution < 1.29 is 34.7 Å². The fraction of sp³-hybridized carbons (Fsp3) is 0.143.